The van der Waals surface area contributed by atoms with Gasteiger partial charge in [0.1, 0.15) is 0 Å². The van der Waals surface area contributed by atoms with Crippen molar-refractivity contribution in [1.82, 2.24) is 0 Å². The molecule has 0 bridgehead atoms. The molecule has 0 radical (unpaired) electrons. The highest BCUT2D eigenvalue weighted by molar-refractivity contribution is 6.01. The Morgan fingerprint density at radius 2 is 0.818 bits per heavy atom. The zero-order valence-electron chi connectivity index (χ0n) is 19.6. The summed E-state index contributed by atoms with van der Waals surface area (Å²) in [6, 6.07) is 44.5. The molecular formula is C33H30. The zero-order chi connectivity index (χ0) is 23.0. The van der Waals surface area contributed by atoms with Crippen molar-refractivity contribution >= 4 is 32.3 Å². The van der Waals surface area contributed by atoms with Crippen molar-refractivity contribution in [1.29, 1.82) is 0 Å². The maximum absolute atomic E-state index is 2.26. The first-order valence-corrected chi connectivity index (χ1v) is 11.5. The normalized spacial score (nSPS) is 10.3. The molecule has 0 heterocycles. The summed E-state index contributed by atoms with van der Waals surface area (Å²) in [7, 11) is 0. The Balaban J connectivity index is 0.000000127. The van der Waals surface area contributed by atoms with E-state index in [4.69, 9.17) is 0 Å². The Morgan fingerprint density at radius 1 is 0.364 bits per heavy atom. The number of benzene rings is 6. The van der Waals surface area contributed by atoms with Crippen LogP contribution in [0.2, 0.25) is 0 Å². The van der Waals surface area contributed by atoms with Crippen LogP contribution in [0.3, 0.4) is 0 Å². The average molecular weight is 427 g/mol. The van der Waals surface area contributed by atoms with Gasteiger partial charge < -0.3 is 0 Å². The van der Waals surface area contributed by atoms with E-state index >= 15 is 0 Å². The van der Waals surface area contributed by atoms with E-state index in [0.29, 0.717) is 0 Å². The molecule has 0 amide bonds. The molecule has 0 aliphatic carbocycles. The van der Waals surface area contributed by atoms with Crippen molar-refractivity contribution in [2.45, 2.75) is 20.8 Å². The van der Waals surface area contributed by atoms with Crippen molar-refractivity contribution in [3.63, 3.8) is 0 Å². The van der Waals surface area contributed by atoms with Crippen LogP contribution >= 0.6 is 0 Å². The van der Waals surface area contributed by atoms with Gasteiger partial charge in [-0.2, -0.15) is 0 Å². The fraction of sp³-hybridized carbons (Fsp3) is 0.0909. The van der Waals surface area contributed by atoms with Gasteiger partial charge in [0.15, 0.2) is 0 Å². The third-order valence-corrected chi connectivity index (χ3v) is 5.99. The third kappa shape index (κ3) is 5.48. The molecule has 6 rings (SSSR count). The standard InChI is InChI=1S/C15H12.C11H10.C7H8/c1-11-14-8-4-2-6-12(14)10-13-7-3-5-9-15(11)13;1-9-5-4-7-10-6-2-3-8-11(9)10;1-7-5-3-2-4-6-7/h2-10H,1H3;2-8H,1H3;2-6H,1H3. The van der Waals surface area contributed by atoms with Gasteiger partial charge in [-0.15, -0.1) is 0 Å². The van der Waals surface area contributed by atoms with Gasteiger partial charge in [0.25, 0.3) is 0 Å². The van der Waals surface area contributed by atoms with Gasteiger partial charge in [-0.3, -0.25) is 0 Å². The number of aryl methyl sites for hydroxylation is 3. The molecule has 6 aromatic rings. The summed E-state index contributed by atoms with van der Waals surface area (Å²) < 4.78 is 0. The molecule has 0 N–H and O–H groups in total. The monoisotopic (exact) mass is 426 g/mol. The fourth-order valence-corrected chi connectivity index (χ4v) is 4.16. The molecule has 0 aliphatic heterocycles. The summed E-state index contributed by atoms with van der Waals surface area (Å²) in [6.45, 7) is 6.42. The summed E-state index contributed by atoms with van der Waals surface area (Å²) in [6.07, 6.45) is 0. The van der Waals surface area contributed by atoms with Gasteiger partial charge in [0.05, 0.1) is 0 Å². The lowest BCUT2D eigenvalue weighted by Crippen LogP contribution is -1.81. The van der Waals surface area contributed by atoms with E-state index in [1.807, 2.05) is 18.2 Å². The SMILES string of the molecule is Cc1c2ccccc2cc2ccccc12.Cc1cccc2ccccc12.Cc1ccccc1. The van der Waals surface area contributed by atoms with E-state index in [1.54, 1.807) is 0 Å². The van der Waals surface area contributed by atoms with E-state index in [1.165, 1.54) is 49.0 Å². The molecule has 0 nitrogen and oxygen atoms in total. The van der Waals surface area contributed by atoms with E-state index in [-0.39, 0.29) is 0 Å². The quantitative estimate of drug-likeness (QED) is 0.212. The molecule has 0 saturated carbocycles. The van der Waals surface area contributed by atoms with Crippen LogP contribution in [0, 0.1) is 20.8 Å². The molecule has 0 heteroatoms. The first-order chi connectivity index (χ1) is 16.1. The van der Waals surface area contributed by atoms with Gasteiger partial charge in [0, 0.05) is 0 Å². The molecule has 0 atom stereocenters. The molecule has 6 aromatic carbocycles. The summed E-state index contributed by atoms with van der Waals surface area (Å²) >= 11 is 0. The summed E-state index contributed by atoms with van der Waals surface area (Å²) in [5, 5.41) is 8.05. The maximum atomic E-state index is 2.26. The summed E-state index contributed by atoms with van der Waals surface area (Å²) in [5.41, 5.74) is 4.05. The largest absolute Gasteiger partial charge is 0.0622 e. The van der Waals surface area contributed by atoms with E-state index < -0.39 is 0 Å². The topological polar surface area (TPSA) is 0 Å². The Hall–Kier alpha value is -3.90. The van der Waals surface area contributed by atoms with Crippen LogP contribution in [0.4, 0.5) is 0 Å². The van der Waals surface area contributed by atoms with Crippen molar-refractivity contribution < 1.29 is 0 Å². The number of rotatable bonds is 0. The first-order valence-electron chi connectivity index (χ1n) is 11.5. The van der Waals surface area contributed by atoms with Crippen molar-refractivity contribution in [3.8, 4) is 0 Å². The van der Waals surface area contributed by atoms with Crippen LogP contribution in [0.25, 0.3) is 32.3 Å². The predicted molar refractivity (Wildman–Crippen MR) is 146 cm³/mol. The first kappa shape index (κ1) is 22.3. The number of hydrogen-bond donors (Lipinski definition) is 0. The molecule has 33 heavy (non-hydrogen) atoms. The maximum Gasteiger partial charge on any atom is -0.0148 e. The Morgan fingerprint density at radius 3 is 1.33 bits per heavy atom. The fourth-order valence-electron chi connectivity index (χ4n) is 4.16. The summed E-state index contributed by atoms with van der Waals surface area (Å²) in [4.78, 5) is 0. The lowest BCUT2D eigenvalue weighted by Gasteiger charge is -2.06. The van der Waals surface area contributed by atoms with Crippen LogP contribution in [-0.4, -0.2) is 0 Å². The van der Waals surface area contributed by atoms with Gasteiger partial charge in [-0.1, -0.05) is 127 Å². The van der Waals surface area contributed by atoms with E-state index in [0.717, 1.165) is 0 Å². The van der Waals surface area contributed by atoms with Gasteiger partial charge >= 0.3 is 0 Å². The van der Waals surface area contributed by atoms with Gasteiger partial charge in [0.2, 0.25) is 0 Å². The van der Waals surface area contributed by atoms with Crippen LogP contribution in [0.5, 0.6) is 0 Å². The lowest BCUT2D eigenvalue weighted by molar-refractivity contribution is 1.48. The molecule has 0 spiro atoms. The highest BCUT2D eigenvalue weighted by Crippen LogP contribution is 2.27. The Kier molecular flexibility index (Phi) is 7.17. The second-order valence-electron chi connectivity index (χ2n) is 8.39. The van der Waals surface area contributed by atoms with Gasteiger partial charge in [-0.05, 0) is 70.3 Å². The number of fused-ring (bicyclic) bond motifs is 3. The number of hydrogen-bond acceptors (Lipinski definition) is 0. The van der Waals surface area contributed by atoms with Crippen LogP contribution in [0.1, 0.15) is 16.7 Å². The predicted octanol–water partition coefficient (Wildman–Crippen LogP) is 9.44. The van der Waals surface area contributed by atoms with Crippen LogP contribution in [-0.2, 0) is 0 Å². The molecule has 0 aromatic heterocycles. The highest BCUT2D eigenvalue weighted by Gasteiger charge is 2.01. The van der Waals surface area contributed by atoms with Crippen molar-refractivity contribution in [2.24, 2.45) is 0 Å². The zero-order valence-corrected chi connectivity index (χ0v) is 19.6. The molecule has 0 fully saturated rings. The van der Waals surface area contributed by atoms with Crippen LogP contribution in [0.15, 0.2) is 127 Å². The van der Waals surface area contributed by atoms with Gasteiger partial charge in [-0.25, -0.2) is 0 Å². The van der Waals surface area contributed by atoms with Crippen LogP contribution < -0.4 is 0 Å². The van der Waals surface area contributed by atoms with E-state index in [9.17, 15) is 0 Å². The molecule has 162 valence electrons. The smallest absolute Gasteiger partial charge is 0.0148 e. The third-order valence-electron chi connectivity index (χ3n) is 5.99. The minimum atomic E-state index is 1.32. The highest BCUT2D eigenvalue weighted by atomic mass is 14.1. The van der Waals surface area contributed by atoms with Crippen molar-refractivity contribution in [3.05, 3.63) is 144 Å². The molecule has 0 aliphatic rings. The Bertz CT molecular complexity index is 1420. The van der Waals surface area contributed by atoms with Crippen molar-refractivity contribution in [2.75, 3.05) is 0 Å². The Labute approximate surface area is 197 Å². The second kappa shape index (κ2) is 10.6. The average Bonchev–Trinajstić information content (AvgIpc) is 2.86. The minimum Gasteiger partial charge on any atom is -0.0622 e. The molecule has 0 saturated heterocycles. The molecule has 0 unspecified atom stereocenters. The second-order valence-corrected chi connectivity index (χ2v) is 8.39. The lowest BCUT2D eigenvalue weighted by atomic mass is 9.98. The summed E-state index contributed by atoms with van der Waals surface area (Å²) in [5.74, 6) is 0. The molecular weight excluding hydrogens is 396 g/mol. The van der Waals surface area contributed by atoms with E-state index in [2.05, 4.69) is 130 Å². The minimum absolute atomic E-state index is 1.32.